The molecule has 1 saturated heterocycles. The van der Waals surface area contributed by atoms with Crippen molar-refractivity contribution in [2.75, 3.05) is 36.4 Å². The Morgan fingerprint density at radius 2 is 1.93 bits per heavy atom. The Kier molecular flexibility index (Phi) is 4.90. The highest BCUT2D eigenvalue weighted by molar-refractivity contribution is 6.00. The zero-order chi connectivity index (χ0) is 19.7. The molecule has 0 saturated carbocycles. The van der Waals surface area contributed by atoms with Crippen molar-refractivity contribution in [3.63, 3.8) is 0 Å². The molecule has 0 spiro atoms. The van der Waals surface area contributed by atoms with Crippen LogP contribution in [0.1, 0.15) is 12.0 Å². The molecule has 1 unspecified atom stereocenters. The van der Waals surface area contributed by atoms with Gasteiger partial charge >= 0.3 is 0 Å². The molecule has 28 heavy (non-hydrogen) atoms. The van der Waals surface area contributed by atoms with E-state index in [4.69, 9.17) is 4.74 Å². The molecule has 4 rings (SSSR count). The fourth-order valence-corrected chi connectivity index (χ4v) is 3.59. The number of rotatable bonds is 3. The summed E-state index contributed by atoms with van der Waals surface area (Å²) in [6.07, 6.45) is -0.855. The predicted octanol–water partition coefficient (Wildman–Crippen LogP) is 2.57. The van der Waals surface area contributed by atoms with Gasteiger partial charge in [0.15, 0.2) is 6.10 Å². The molecule has 1 atom stereocenters. The van der Waals surface area contributed by atoms with E-state index in [1.54, 1.807) is 29.2 Å². The van der Waals surface area contributed by atoms with Gasteiger partial charge in [0.1, 0.15) is 11.6 Å². The van der Waals surface area contributed by atoms with Crippen LogP contribution >= 0.6 is 0 Å². The van der Waals surface area contributed by atoms with Gasteiger partial charge in [0.25, 0.3) is 5.91 Å². The van der Waals surface area contributed by atoms with Gasteiger partial charge in [-0.15, -0.1) is 0 Å². The number of aryl methyl sites for hydroxylation is 1. The summed E-state index contributed by atoms with van der Waals surface area (Å²) in [5.74, 6) is -0.129. The number of anilines is 2. The summed E-state index contributed by atoms with van der Waals surface area (Å²) in [6, 6.07) is 12.2. The quantitative estimate of drug-likeness (QED) is 0.885. The summed E-state index contributed by atoms with van der Waals surface area (Å²) in [5, 5.41) is 2.81. The monoisotopic (exact) mass is 383 g/mol. The van der Waals surface area contributed by atoms with E-state index in [-0.39, 0.29) is 24.1 Å². The van der Waals surface area contributed by atoms with Crippen LogP contribution in [0.2, 0.25) is 0 Å². The van der Waals surface area contributed by atoms with Crippen molar-refractivity contribution in [1.82, 2.24) is 4.90 Å². The third kappa shape index (κ3) is 3.65. The predicted molar refractivity (Wildman–Crippen MR) is 104 cm³/mol. The van der Waals surface area contributed by atoms with Crippen molar-refractivity contribution in [1.29, 1.82) is 0 Å². The lowest BCUT2D eigenvalue weighted by atomic mass is 10.1. The van der Waals surface area contributed by atoms with E-state index >= 15 is 0 Å². The Morgan fingerprint density at radius 1 is 1.18 bits per heavy atom. The summed E-state index contributed by atoms with van der Waals surface area (Å²) in [7, 11) is 0. The number of amides is 2. The van der Waals surface area contributed by atoms with Crippen LogP contribution < -0.4 is 15.0 Å². The van der Waals surface area contributed by atoms with Gasteiger partial charge in [-0.25, -0.2) is 4.39 Å². The minimum atomic E-state index is -0.840. The minimum Gasteiger partial charge on any atom is -0.478 e. The smallest absolute Gasteiger partial charge is 0.266 e. The lowest BCUT2D eigenvalue weighted by Gasteiger charge is -2.37. The number of carbonyl (C=O) groups is 2. The maximum atomic E-state index is 13.9. The van der Waals surface area contributed by atoms with Gasteiger partial charge < -0.3 is 19.9 Å². The average Bonchev–Trinajstić information content (AvgIpc) is 2.69. The number of hydrogen-bond donors (Lipinski definition) is 1. The number of nitrogens with one attached hydrogen (secondary N) is 1. The van der Waals surface area contributed by atoms with E-state index in [0.717, 1.165) is 5.56 Å². The zero-order valence-electron chi connectivity index (χ0n) is 15.7. The standard InChI is InChI=1S/C21H22FN3O3/c1-14-6-7-18-16(12-14)23-21(27)19(28-18)13-20(26)25-10-8-24(9-11-25)17-5-3-2-4-15(17)22/h2-7,12,19H,8-11,13H2,1H3,(H,23,27). The Balaban J connectivity index is 1.35. The first-order valence-electron chi connectivity index (χ1n) is 9.37. The Hall–Kier alpha value is -3.09. The van der Waals surface area contributed by atoms with E-state index < -0.39 is 6.10 Å². The van der Waals surface area contributed by atoms with E-state index in [1.165, 1.54) is 6.07 Å². The molecule has 2 heterocycles. The van der Waals surface area contributed by atoms with Gasteiger partial charge in [-0.1, -0.05) is 18.2 Å². The van der Waals surface area contributed by atoms with Crippen molar-refractivity contribution >= 4 is 23.2 Å². The Morgan fingerprint density at radius 3 is 2.68 bits per heavy atom. The van der Waals surface area contributed by atoms with Crippen molar-refractivity contribution in [2.45, 2.75) is 19.4 Å². The first-order valence-corrected chi connectivity index (χ1v) is 9.37. The molecule has 0 radical (unpaired) electrons. The molecule has 2 amide bonds. The number of hydrogen-bond acceptors (Lipinski definition) is 4. The highest BCUT2D eigenvalue weighted by Crippen LogP contribution is 2.31. The lowest BCUT2D eigenvalue weighted by Crippen LogP contribution is -2.50. The van der Waals surface area contributed by atoms with Gasteiger partial charge in [-0.3, -0.25) is 9.59 Å². The van der Waals surface area contributed by atoms with Crippen LogP contribution in [-0.4, -0.2) is 49.0 Å². The highest BCUT2D eigenvalue weighted by atomic mass is 19.1. The van der Waals surface area contributed by atoms with Crippen LogP contribution in [-0.2, 0) is 9.59 Å². The first-order chi connectivity index (χ1) is 13.5. The summed E-state index contributed by atoms with van der Waals surface area (Å²) < 4.78 is 19.7. The molecule has 2 aromatic carbocycles. The third-order valence-corrected chi connectivity index (χ3v) is 5.14. The number of nitrogens with zero attached hydrogens (tertiary/aromatic N) is 2. The number of para-hydroxylation sites is 1. The summed E-state index contributed by atoms with van der Waals surface area (Å²) >= 11 is 0. The fourth-order valence-electron chi connectivity index (χ4n) is 3.59. The minimum absolute atomic E-state index is 0.0150. The van der Waals surface area contributed by atoms with Crippen LogP contribution in [0.3, 0.4) is 0 Å². The van der Waals surface area contributed by atoms with Gasteiger partial charge in [0.2, 0.25) is 5.91 Å². The molecule has 2 aliphatic rings. The molecule has 146 valence electrons. The summed E-state index contributed by atoms with van der Waals surface area (Å²) in [6.45, 7) is 4.00. The molecule has 0 aromatic heterocycles. The largest absolute Gasteiger partial charge is 0.478 e. The Bertz CT molecular complexity index is 910. The van der Waals surface area contributed by atoms with E-state index in [1.807, 2.05) is 24.0 Å². The van der Waals surface area contributed by atoms with Crippen LogP contribution in [0.4, 0.5) is 15.8 Å². The van der Waals surface area contributed by atoms with Crippen LogP contribution in [0, 0.1) is 12.7 Å². The molecule has 0 bridgehead atoms. The third-order valence-electron chi connectivity index (χ3n) is 5.14. The number of carbonyl (C=O) groups excluding carboxylic acids is 2. The summed E-state index contributed by atoms with van der Waals surface area (Å²) in [4.78, 5) is 28.6. The zero-order valence-corrected chi connectivity index (χ0v) is 15.7. The second kappa shape index (κ2) is 7.50. The maximum Gasteiger partial charge on any atom is 0.266 e. The molecule has 2 aliphatic heterocycles. The number of halogens is 1. The number of benzene rings is 2. The second-order valence-electron chi connectivity index (χ2n) is 7.12. The van der Waals surface area contributed by atoms with E-state index in [0.29, 0.717) is 43.3 Å². The molecular formula is C21H22FN3O3. The van der Waals surface area contributed by atoms with Crippen molar-refractivity contribution in [3.8, 4) is 5.75 Å². The first kappa shape index (κ1) is 18.3. The van der Waals surface area contributed by atoms with Gasteiger partial charge in [0, 0.05) is 26.2 Å². The molecule has 1 fully saturated rings. The SMILES string of the molecule is Cc1ccc2c(c1)NC(=O)C(CC(=O)N1CCN(c3ccccc3F)CC1)O2. The van der Waals surface area contributed by atoms with E-state index in [2.05, 4.69) is 5.32 Å². The van der Waals surface area contributed by atoms with Gasteiger partial charge in [-0.2, -0.15) is 0 Å². The number of fused-ring (bicyclic) bond motifs is 1. The molecule has 6 nitrogen and oxygen atoms in total. The normalized spacial score (nSPS) is 18.9. The summed E-state index contributed by atoms with van der Waals surface area (Å²) in [5.41, 5.74) is 2.20. The van der Waals surface area contributed by atoms with Crippen molar-refractivity contribution in [3.05, 3.63) is 53.8 Å². The van der Waals surface area contributed by atoms with Gasteiger partial charge in [-0.05, 0) is 36.8 Å². The molecule has 7 heteroatoms. The molecular weight excluding hydrogens is 361 g/mol. The van der Waals surface area contributed by atoms with Crippen LogP contribution in [0.5, 0.6) is 5.75 Å². The molecule has 1 N–H and O–H groups in total. The Labute approximate surface area is 162 Å². The molecule has 0 aliphatic carbocycles. The lowest BCUT2D eigenvalue weighted by molar-refractivity contribution is -0.137. The van der Waals surface area contributed by atoms with E-state index in [9.17, 15) is 14.0 Å². The number of ether oxygens (including phenoxy) is 1. The maximum absolute atomic E-state index is 13.9. The second-order valence-corrected chi connectivity index (χ2v) is 7.12. The van der Waals surface area contributed by atoms with Crippen molar-refractivity contribution < 1.29 is 18.7 Å². The van der Waals surface area contributed by atoms with Gasteiger partial charge in [0.05, 0.1) is 17.8 Å². The topological polar surface area (TPSA) is 61.9 Å². The fraction of sp³-hybridized carbons (Fsp3) is 0.333. The van der Waals surface area contributed by atoms with Crippen LogP contribution in [0.15, 0.2) is 42.5 Å². The average molecular weight is 383 g/mol. The number of piperazine rings is 1. The van der Waals surface area contributed by atoms with Crippen molar-refractivity contribution in [2.24, 2.45) is 0 Å². The highest BCUT2D eigenvalue weighted by Gasteiger charge is 2.32. The van der Waals surface area contributed by atoms with Crippen LogP contribution in [0.25, 0.3) is 0 Å². The molecule has 2 aromatic rings.